The number of carbonyl (C=O) groups is 1. The SMILES string of the molecule is [C-]#[N+]c1c(OC(=O)C2CCC(OCC3CO3)CC2)ccc(C)c1C#N. The van der Waals surface area contributed by atoms with Gasteiger partial charge in [-0.1, -0.05) is 6.07 Å². The molecule has 0 aromatic heterocycles. The van der Waals surface area contributed by atoms with Crippen LogP contribution in [0.3, 0.4) is 0 Å². The smallest absolute Gasteiger partial charge is 0.313 e. The molecule has 25 heavy (non-hydrogen) atoms. The molecule has 1 saturated carbocycles. The van der Waals surface area contributed by atoms with Gasteiger partial charge in [0.15, 0.2) is 0 Å². The first-order chi connectivity index (χ1) is 12.1. The molecule has 1 unspecified atom stereocenters. The van der Waals surface area contributed by atoms with Gasteiger partial charge in [0.25, 0.3) is 0 Å². The summed E-state index contributed by atoms with van der Waals surface area (Å²) in [6.45, 7) is 10.5. The van der Waals surface area contributed by atoms with Gasteiger partial charge >= 0.3 is 5.97 Å². The number of hydrogen-bond donors (Lipinski definition) is 0. The Morgan fingerprint density at radius 1 is 1.40 bits per heavy atom. The fourth-order valence-electron chi connectivity index (χ4n) is 3.07. The van der Waals surface area contributed by atoms with Crippen LogP contribution in [0.4, 0.5) is 5.69 Å². The summed E-state index contributed by atoms with van der Waals surface area (Å²) in [5.74, 6) is -0.351. The summed E-state index contributed by atoms with van der Waals surface area (Å²) in [5.41, 5.74) is 1.07. The van der Waals surface area contributed by atoms with Crippen LogP contribution in [0.1, 0.15) is 36.8 Å². The fraction of sp³-hybridized carbons (Fsp3) is 0.526. The summed E-state index contributed by atoms with van der Waals surface area (Å²) < 4.78 is 16.4. The third-order valence-corrected chi connectivity index (χ3v) is 4.71. The van der Waals surface area contributed by atoms with Gasteiger partial charge in [-0.05, 0) is 44.2 Å². The van der Waals surface area contributed by atoms with E-state index in [1.165, 1.54) is 0 Å². The van der Waals surface area contributed by atoms with Crippen molar-refractivity contribution >= 4 is 11.7 Å². The van der Waals surface area contributed by atoms with E-state index in [-0.39, 0.29) is 41.1 Å². The van der Waals surface area contributed by atoms with Crippen molar-refractivity contribution in [3.63, 3.8) is 0 Å². The van der Waals surface area contributed by atoms with Crippen molar-refractivity contribution in [2.45, 2.75) is 44.8 Å². The molecule has 0 bridgehead atoms. The van der Waals surface area contributed by atoms with Crippen molar-refractivity contribution in [2.24, 2.45) is 5.92 Å². The van der Waals surface area contributed by atoms with E-state index in [0.29, 0.717) is 25.0 Å². The summed E-state index contributed by atoms with van der Waals surface area (Å²) in [6.07, 6.45) is 3.49. The maximum Gasteiger partial charge on any atom is 0.313 e. The second-order valence-corrected chi connectivity index (χ2v) is 6.51. The zero-order chi connectivity index (χ0) is 17.8. The maximum atomic E-state index is 12.4. The highest BCUT2D eigenvalue weighted by atomic mass is 16.6. The number of carbonyl (C=O) groups excluding carboxylic acids is 1. The van der Waals surface area contributed by atoms with Gasteiger partial charge in [-0.3, -0.25) is 4.79 Å². The van der Waals surface area contributed by atoms with Crippen LogP contribution in [-0.2, 0) is 14.3 Å². The molecular formula is C19H20N2O4. The van der Waals surface area contributed by atoms with Gasteiger partial charge in [0.2, 0.25) is 5.69 Å². The van der Waals surface area contributed by atoms with Crippen LogP contribution in [-0.4, -0.2) is 31.4 Å². The third-order valence-electron chi connectivity index (χ3n) is 4.71. The zero-order valence-electron chi connectivity index (χ0n) is 14.2. The molecule has 2 aliphatic rings. The predicted octanol–water partition coefficient (Wildman–Crippen LogP) is 3.30. The average Bonchev–Trinajstić information content (AvgIpc) is 3.45. The second kappa shape index (κ2) is 7.65. The molecule has 0 amide bonds. The van der Waals surface area contributed by atoms with Crippen LogP contribution >= 0.6 is 0 Å². The first-order valence-electron chi connectivity index (χ1n) is 8.48. The highest BCUT2D eigenvalue weighted by Gasteiger charge is 2.30. The minimum absolute atomic E-state index is 0.109. The van der Waals surface area contributed by atoms with Crippen molar-refractivity contribution in [3.8, 4) is 11.8 Å². The quantitative estimate of drug-likeness (QED) is 0.356. The fourth-order valence-corrected chi connectivity index (χ4v) is 3.07. The predicted molar refractivity (Wildman–Crippen MR) is 89.2 cm³/mol. The van der Waals surface area contributed by atoms with Crippen molar-refractivity contribution < 1.29 is 19.0 Å². The Labute approximate surface area is 147 Å². The van der Waals surface area contributed by atoms with Gasteiger partial charge in [0, 0.05) is 0 Å². The number of hydrogen-bond acceptors (Lipinski definition) is 5. The Hall–Kier alpha value is -2.41. The number of nitrogens with zero attached hydrogens (tertiary/aromatic N) is 2. The van der Waals surface area contributed by atoms with E-state index in [4.69, 9.17) is 20.8 Å². The number of ether oxygens (including phenoxy) is 3. The molecule has 2 fully saturated rings. The van der Waals surface area contributed by atoms with Gasteiger partial charge in [-0.2, -0.15) is 5.26 Å². The van der Waals surface area contributed by atoms with Crippen LogP contribution in [0.15, 0.2) is 12.1 Å². The largest absolute Gasteiger partial charge is 0.438 e. The number of nitriles is 1. The molecule has 0 radical (unpaired) electrons. The summed E-state index contributed by atoms with van der Waals surface area (Å²) in [5, 5.41) is 9.20. The van der Waals surface area contributed by atoms with E-state index in [9.17, 15) is 10.1 Å². The summed E-state index contributed by atoms with van der Waals surface area (Å²) in [6, 6.07) is 5.29. The number of epoxide rings is 1. The van der Waals surface area contributed by atoms with Crippen LogP contribution in [0.5, 0.6) is 5.75 Å². The Kier molecular flexibility index (Phi) is 5.33. The molecule has 1 heterocycles. The Morgan fingerprint density at radius 2 is 2.12 bits per heavy atom. The lowest BCUT2D eigenvalue weighted by Gasteiger charge is -2.27. The van der Waals surface area contributed by atoms with Crippen molar-refractivity contribution in [1.82, 2.24) is 0 Å². The molecule has 1 aliphatic carbocycles. The van der Waals surface area contributed by atoms with Gasteiger partial charge in [0.05, 0.1) is 43.4 Å². The molecule has 1 aromatic rings. The maximum absolute atomic E-state index is 12.4. The van der Waals surface area contributed by atoms with Crippen LogP contribution in [0.25, 0.3) is 4.85 Å². The van der Waals surface area contributed by atoms with Gasteiger partial charge in [0.1, 0.15) is 11.9 Å². The minimum Gasteiger partial charge on any atom is -0.438 e. The summed E-state index contributed by atoms with van der Waals surface area (Å²) in [7, 11) is 0. The Morgan fingerprint density at radius 3 is 2.72 bits per heavy atom. The number of aryl methyl sites for hydroxylation is 1. The molecule has 6 nitrogen and oxygen atoms in total. The second-order valence-electron chi connectivity index (χ2n) is 6.51. The highest BCUT2D eigenvalue weighted by molar-refractivity contribution is 5.79. The van der Waals surface area contributed by atoms with Crippen LogP contribution < -0.4 is 4.74 Å². The van der Waals surface area contributed by atoms with E-state index >= 15 is 0 Å². The van der Waals surface area contributed by atoms with Gasteiger partial charge in [-0.25, -0.2) is 4.85 Å². The lowest BCUT2D eigenvalue weighted by molar-refractivity contribution is -0.141. The van der Waals surface area contributed by atoms with Crippen LogP contribution in [0, 0.1) is 30.7 Å². The first-order valence-corrected chi connectivity index (χ1v) is 8.48. The average molecular weight is 340 g/mol. The molecule has 0 spiro atoms. The molecule has 6 heteroatoms. The first kappa shape index (κ1) is 17.4. The van der Waals surface area contributed by atoms with E-state index in [2.05, 4.69) is 4.85 Å². The third kappa shape index (κ3) is 4.17. The van der Waals surface area contributed by atoms with Gasteiger partial charge < -0.3 is 14.2 Å². The van der Waals surface area contributed by atoms with E-state index in [0.717, 1.165) is 19.4 Å². The zero-order valence-corrected chi connectivity index (χ0v) is 14.2. The van der Waals surface area contributed by atoms with Crippen molar-refractivity contribution in [2.75, 3.05) is 13.2 Å². The van der Waals surface area contributed by atoms with E-state index < -0.39 is 0 Å². The molecule has 1 saturated heterocycles. The Bertz CT molecular complexity index is 735. The van der Waals surface area contributed by atoms with Gasteiger partial charge in [-0.15, -0.1) is 0 Å². The summed E-state index contributed by atoms with van der Waals surface area (Å²) >= 11 is 0. The molecule has 0 N–H and O–H groups in total. The van der Waals surface area contributed by atoms with Crippen molar-refractivity contribution in [3.05, 3.63) is 34.7 Å². The minimum atomic E-state index is -0.332. The van der Waals surface area contributed by atoms with Crippen LogP contribution in [0.2, 0.25) is 0 Å². The molecular weight excluding hydrogens is 320 g/mol. The standard InChI is InChI=1S/C19H20N2O4/c1-12-3-8-17(18(21-2)16(12)9-20)25-19(22)13-4-6-14(7-5-13)23-10-15-11-24-15/h3,8,13-15H,4-7,10-11H2,1H3. The van der Waals surface area contributed by atoms with Crippen molar-refractivity contribution in [1.29, 1.82) is 5.26 Å². The normalized spacial score (nSPS) is 24.8. The van der Waals surface area contributed by atoms with E-state index in [1.807, 2.05) is 6.07 Å². The molecule has 130 valence electrons. The molecule has 1 aromatic carbocycles. The number of benzene rings is 1. The summed E-state index contributed by atoms with van der Waals surface area (Å²) in [4.78, 5) is 15.8. The monoisotopic (exact) mass is 340 g/mol. The van der Waals surface area contributed by atoms with E-state index in [1.54, 1.807) is 19.1 Å². The Balaban J connectivity index is 1.58. The molecule has 1 aliphatic heterocycles. The lowest BCUT2D eigenvalue weighted by atomic mass is 9.87. The topological polar surface area (TPSA) is 76.2 Å². The highest BCUT2D eigenvalue weighted by Crippen LogP contribution is 2.35. The molecule has 3 rings (SSSR count). The number of esters is 1. The lowest BCUT2D eigenvalue weighted by Crippen LogP contribution is -2.29. The number of rotatable bonds is 5. The molecule has 1 atom stereocenters.